The summed E-state index contributed by atoms with van der Waals surface area (Å²) >= 11 is 0. The summed E-state index contributed by atoms with van der Waals surface area (Å²) in [7, 11) is 0. The number of carboxylic acids is 1. The van der Waals surface area contributed by atoms with E-state index < -0.39 is 16.9 Å². The van der Waals surface area contributed by atoms with E-state index in [0.717, 1.165) is 17.5 Å². The maximum absolute atomic E-state index is 11.2. The van der Waals surface area contributed by atoms with Gasteiger partial charge in [0, 0.05) is 6.61 Å². The summed E-state index contributed by atoms with van der Waals surface area (Å²) in [5.74, 6) is -0.832. The molecular formula is C14H19NO3. The molecule has 1 heterocycles. The molecule has 0 radical (unpaired) electrons. The number of rotatable bonds is 3. The fourth-order valence-corrected chi connectivity index (χ4v) is 2.15. The highest BCUT2D eigenvalue weighted by Gasteiger charge is 2.34. The molecule has 1 saturated heterocycles. The zero-order valence-electron chi connectivity index (χ0n) is 10.8. The molecule has 0 amide bonds. The van der Waals surface area contributed by atoms with E-state index >= 15 is 0 Å². The van der Waals surface area contributed by atoms with Crippen molar-refractivity contribution < 1.29 is 14.6 Å². The first-order valence-corrected chi connectivity index (χ1v) is 6.07. The SMILES string of the molecule is CC(C)(C(=O)O)c1ccc(C2(N)CCOC2)cc1. The lowest BCUT2D eigenvalue weighted by molar-refractivity contribution is -0.142. The minimum absolute atomic E-state index is 0.425. The van der Waals surface area contributed by atoms with Crippen LogP contribution in [0.1, 0.15) is 31.4 Å². The van der Waals surface area contributed by atoms with Crippen LogP contribution in [0, 0.1) is 0 Å². The van der Waals surface area contributed by atoms with E-state index in [0.29, 0.717) is 13.2 Å². The number of nitrogens with two attached hydrogens (primary N) is 1. The van der Waals surface area contributed by atoms with Gasteiger partial charge in [-0.05, 0) is 31.4 Å². The van der Waals surface area contributed by atoms with Crippen LogP contribution in [0.2, 0.25) is 0 Å². The molecule has 1 aliphatic heterocycles. The first-order chi connectivity index (χ1) is 8.36. The highest BCUT2D eigenvalue weighted by Crippen LogP contribution is 2.30. The highest BCUT2D eigenvalue weighted by atomic mass is 16.5. The van der Waals surface area contributed by atoms with E-state index in [1.165, 1.54) is 0 Å². The number of hydrogen-bond donors (Lipinski definition) is 2. The minimum atomic E-state index is -0.882. The standard InChI is InChI=1S/C14H19NO3/c1-13(2,12(16)17)10-3-5-11(6-4-10)14(15)7-8-18-9-14/h3-6H,7-9,15H2,1-2H3,(H,16,17). The number of ether oxygens (including phenoxy) is 1. The van der Waals surface area contributed by atoms with E-state index in [2.05, 4.69) is 0 Å². The average molecular weight is 249 g/mol. The fraction of sp³-hybridized carbons (Fsp3) is 0.500. The van der Waals surface area contributed by atoms with Crippen molar-refractivity contribution in [1.82, 2.24) is 0 Å². The zero-order chi connectivity index (χ0) is 13.4. The molecule has 0 aromatic heterocycles. The van der Waals surface area contributed by atoms with Crippen LogP contribution in [0.25, 0.3) is 0 Å². The van der Waals surface area contributed by atoms with Crippen molar-refractivity contribution in [2.24, 2.45) is 5.73 Å². The van der Waals surface area contributed by atoms with Crippen molar-refractivity contribution in [2.45, 2.75) is 31.2 Å². The van der Waals surface area contributed by atoms with Gasteiger partial charge in [-0.25, -0.2) is 0 Å². The lowest BCUT2D eigenvalue weighted by Gasteiger charge is -2.24. The van der Waals surface area contributed by atoms with Crippen LogP contribution < -0.4 is 5.73 Å². The number of carbonyl (C=O) groups is 1. The molecule has 1 unspecified atom stereocenters. The Balaban J connectivity index is 2.28. The molecule has 0 bridgehead atoms. The zero-order valence-corrected chi connectivity index (χ0v) is 10.8. The van der Waals surface area contributed by atoms with Crippen LogP contribution in [0.5, 0.6) is 0 Å². The van der Waals surface area contributed by atoms with Crippen molar-refractivity contribution in [3.63, 3.8) is 0 Å². The largest absolute Gasteiger partial charge is 0.481 e. The second-order valence-electron chi connectivity index (χ2n) is 5.47. The van der Waals surface area contributed by atoms with Gasteiger partial charge in [-0.2, -0.15) is 0 Å². The fourth-order valence-electron chi connectivity index (χ4n) is 2.15. The molecule has 1 aliphatic rings. The van der Waals surface area contributed by atoms with E-state index in [9.17, 15) is 9.90 Å². The molecule has 0 spiro atoms. The molecule has 4 nitrogen and oxygen atoms in total. The molecule has 3 N–H and O–H groups in total. The molecule has 18 heavy (non-hydrogen) atoms. The summed E-state index contributed by atoms with van der Waals surface area (Å²) < 4.78 is 5.33. The third kappa shape index (κ3) is 2.13. The van der Waals surface area contributed by atoms with Gasteiger partial charge in [0.15, 0.2) is 0 Å². The van der Waals surface area contributed by atoms with Crippen LogP contribution in [0.4, 0.5) is 0 Å². The van der Waals surface area contributed by atoms with E-state index in [4.69, 9.17) is 10.5 Å². The molecule has 1 atom stereocenters. The normalized spacial score (nSPS) is 24.2. The Morgan fingerprint density at radius 2 is 2.00 bits per heavy atom. The smallest absolute Gasteiger partial charge is 0.313 e. The van der Waals surface area contributed by atoms with Crippen molar-refractivity contribution >= 4 is 5.97 Å². The second kappa shape index (κ2) is 4.37. The third-order valence-electron chi connectivity index (χ3n) is 3.77. The van der Waals surface area contributed by atoms with Crippen molar-refractivity contribution in [3.8, 4) is 0 Å². The molecule has 98 valence electrons. The Bertz CT molecular complexity index is 445. The summed E-state index contributed by atoms with van der Waals surface area (Å²) in [5.41, 5.74) is 6.73. The van der Waals surface area contributed by atoms with Crippen molar-refractivity contribution in [2.75, 3.05) is 13.2 Å². The predicted octanol–water partition coefficient (Wildman–Crippen LogP) is 1.62. The van der Waals surface area contributed by atoms with Crippen LogP contribution in [0.3, 0.4) is 0 Å². The van der Waals surface area contributed by atoms with Crippen molar-refractivity contribution in [3.05, 3.63) is 35.4 Å². The van der Waals surface area contributed by atoms with Crippen LogP contribution >= 0.6 is 0 Å². The molecule has 0 aliphatic carbocycles. The number of carboxylic acid groups (broad SMARTS) is 1. The quantitative estimate of drug-likeness (QED) is 0.854. The molecule has 1 aromatic carbocycles. The first-order valence-electron chi connectivity index (χ1n) is 6.07. The predicted molar refractivity (Wildman–Crippen MR) is 68.4 cm³/mol. The van der Waals surface area contributed by atoms with Gasteiger partial charge < -0.3 is 15.6 Å². The highest BCUT2D eigenvalue weighted by molar-refractivity contribution is 5.80. The van der Waals surface area contributed by atoms with Gasteiger partial charge in [-0.1, -0.05) is 24.3 Å². The molecule has 1 aromatic rings. The maximum atomic E-state index is 11.2. The maximum Gasteiger partial charge on any atom is 0.313 e. The monoisotopic (exact) mass is 249 g/mol. The van der Waals surface area contributed by atoms with Gasteiger partial charge in [-0.3, -0.25) is 4.79 Å². The Hall–Kier alpha value is -1.39. The van der Waals surface area contributed by atoms with Crippen LogP contribution in [0.15, 0.2) is 24.3 Å². The molecule has 1 fully saturated rings. The molecule has 4 heteroatoms. The number of benzene rings is 1. The Labute approximate surface area is 107 Å². The Kier molecular flexibility index (Phi) is 3.17. The Morgan fingerprint density at radius 1 is 1.39 bits per heavy atom. The molecular weight excluding hydrogens is 230 g/mol. The third-order valence-corrected chi connectivity index (χ3v) is 3.77. The molecule has 2 rings (SSSR count). The summed E-state index contributed by atoms with van der Waals surface area (Å²) in [4.78, 5) is 11.2. The van der Waals surface area contributed by atoms with E-state index in [1.54, 1.807) is 13.8 Å². The number of hydrogen-bond acceptors (Lipinski definition) is 3. The van der Waals surface area contributed by atoms with Crippen LogP contribution in [-0.4, -0.2) is 24.3 Å². The summed E-state index contributed by atoms with van der Waals surface area (Å²) in [5, 5.41) is 9.18. The van der Waals surface area contributed by atoms with Gasteiger partial charge >= 0.3 is 5.97 Å². The summed E-state index contributed by atoms with van der Waals surface area (Å²) in [6, 6.07) is 7.51. The lowest BCUT2D eigenvalue weighted by atomic mass is 9.82. The van der Waals surface area contributed by atoms with Gasteiger partial charge in [0.25, 0.3) is 0 Å². The molecule has 0 saturated carbocycles. The van der Waals surface area contributed by atoms with Crippen LogP contribution in [-0.2, 0) is 20.5 Å². The van der Waals surface area contributed by atoms with Gasteiger partial charge in [0.1, 0.15) is 0 Å². The van der Waals surface area contributed by atoms with Gasteiger partial charge in [-0.15, -0.1) is 0 Å². The Morgan fingerprint density at radius 3 is 2.44 bits per heavy atom. The topological polar surface area (TPSA) is 72.5 Å². The van der Waals surface area contributed by atoms with Gasteiger partial charge in [0.2, 0.25) is 0 Å². The van der Waals surface area contributed by atoms with E-state index in [-0.39, 0.29) is 0 Å². The second-order valence-corrected chi connectivity index (χ2v) is 5.47. The summed E-state index contributed by atoms with van der Waals surface area (Å²) in [6.45, 7) is 4.59. The minimum Gasteiger partial charge on any atom is -0.481 e. The average Bonchev–Trinajstić information content (AvgIpc) is 2.77. The first kappa shape index (κ1) is 13.1. The number of aliphatic carboxylic acids is 1. The van der Waals surface area contributed by atoms with E-state index in [1.807, 2.05) is 24.3 Å². The lowest BCUT2D eigenvalue weighted by Crippen LogP contribution is -2.37. The van der Waals surface area contributed by atoms with Gasteiger partial charge in [0.05, 0.1) is 17.6 Å². The van der Waals surface area contributed by atoms with Crippen molar-refractivity contribution in [1.29, 1.82) is 0 Å². The summed E-state index contributed by atoms with van der Waals surface area (Å²) in [6.07, 6.45) is 0.800.